The zero-order valence-electron chi connectivity index (χ0n) is 9.59. The van der Waals surface area contributed by atoms with Gasteiger partial charge in [-0.15, -0.1) is 0 Å². The molecular formula is C12H16N2O2S. The summed E-state index contributed by atoms with van der Waals surface area (Å²) in [6.45, 7) is 1.77. The van der Waals surface area contributed by atoms with E-state index in [4.69, 9.17) is 0 Å². The second kappa shape index (κ2) is 3.91. The Morgan fingerprint density at radius 1 is 1.29 bits per heavy atom. The van der Waals surface area contributed by atoms with Gasteiger partial charge in [0.1, 0.15) is 0 Å². The maximum atomic E-state index is 11.6. The van der Waals surface area contributed by atoms with Gasteiger partial charge in [0.25, 0.3) is 0 Å². The number of hydrogen-bond acceptors (Lipinski definition) is 4. The van der Waals surface area contributed by atoms with Crippen molar-refractivity contribution in [2.45, 2.75) is 12.5 Å². The summed E-state index contributed by atoms with van der Waals surface area (Å²) in [6, 6.07) is 8.27. The summed E-state index contributed by atoms with van der Waals surface area (Å²) in [5, 5.41) is 3.35. The molecule has 5 heteroatoms. The van der Waals surface area contributed by atoms with E-state index in [9.17, 15) is 8.42 Å². The molecule has 1 N–H and O–H groups in total. The number of fused-ring (bicyclic) bond motifs is 1. The number of anilines is 2. The van der Waals surface area contributed by atoms with Gasteiger partial charge in [-0.05, 0) is 18.6 Å². The molecule has 1 aromatic rings. The minimum Gasteiger partial charge on any atom is -0.382 e. The molecule has 2 heterocycles. The molecule has 1 aromatic carbocycles. The Balaban J connectivity index is 1.91. The minimum atomic E-state index is -2.81. The van der Waals surface area contributed by atoms with Crippen molar-refractivity contribution < 1.29 is 8.42 Å². The molecule has 17 heavy (non-hydrogen) atoms. The van der Waals surface area contributed by atoms with Gasteiger partial charge in [-0.2, -0.15) is 0 Å². The third-order valence-corrected chi connectivity index (χ3v) is 5.28. The molecule has 0 saturated carbocycles. The van der Waals surface area contributed by atoms with Gasteiger partial charge in [0.05, 0.1) is 22.9 Å². The highest BCUT2D eigenvalue weighted by Gasteiger charge is 2.33. The molecule has 0 spiro atoms. The fourth-order valence-electron chi connectivity index (χ4n) is 2.71. The molecule has 2 aliphatic rings. The van der Waals surface area contributed by atoms with Gasteiger partial charge in [-0.3, -0.25) is 0 Å². The maximum absolute atomic E-state index is 11.6. The van der Waals surface area contributed by atoms with E-state index >= 15 is 0 Å². The summed E-state index contributed by atoms with van der Waals surface area (Å²) < 4.78 is 23.1. The summed E-state index contributed by atoms with van der Waals surface area (Å²) in [7, 11) is -2.81. The first-order chi connectivity index (χ1) is 8.16. The van der Waals surface area contributed by atoms with Crippen LogP contribution >= 0.6 is 0 Å². The quantitative estimate of drug-likeness (QED) is 0.813. The minimum absolute atomic E-state index is 0.156. The summed E-state index contributed by atoms with van der Waals surface area (Å²) in [5.74, 6) is 0.644. The molecule has 0 aromatic heterocycles. The van der Waals surface area contributed by atoms with Gasteiger partial charge in [0.15, 0.2) is 9.84 Å². The summed E-state index contributed by atoms with van der Waals surface area (Å²) in [6.07, 6.45) is 0.761. The third kappa shape index (κ3) is 1.99. The van der Waals surface area contributed by atoms with Crippen molar-refractivity contribution in [1.82, 2.24) is 0 Å². The lowest BCUT2D eigenvalue weighted by atomic mass is 10.1. The first-order valence-electron chi connectivity index (χ1n) is 5.96. The van der Waals surface area contributed by atoms with Crippen molar-refractivity contribution in [2.24, 2.45) is 0 Å². The lowest BCUT2D eigenvalue weighted by Gasteiger charge is -2.36. The van der Waals surface area contributed by atoms with Gasteiger partial charge in [0, 0.05) is 19.1 Å². The van der Waals surface area contributed by atoms with E-state index in [1.165, 1.54) is 0 Å². The van der Waals surface area contributed by atoms with Crippen LogP contribution < -0.4 is 10.2 Å². The van der Waals surface area contributed by atoms with Crippen LogP contribution in [-0.4, -0.2) is 39.1 Å². The Morgan fingerprint density at radius 3 is 2.88 bits per heavy atom. The lowest BCUT2D eigenvalue weighted by Crippen LogP contribution is -2.42. The Bertz CT molecular complexity index is 527. The molecule has 0 aliphatic carbocycles. The fourth-order valence-corrected chi connectivity index (χ4v) is 4.44. The van der Waals surface area contributed by atoms with Crippen molar-refractivity contribution in [2.75, 3.05) is 34.8 Å². The Labute approximate surface area is 102 Å². The molecule has 0 radical (unpaired) electrons. The highest BCUT2D eigenvalue weighted by atomic mass is 32.2. The van der Waals surface area contributed by atoms with E-state index in [1.807, 2.05) is 18.2 Å². The van der Waals surface area contributed by atoms with E-state index in [0.29, 0.717) is 11.5 Å². The molecule has 1 saturated heterocycles. The normalized spacial score (nSPS) is 26.4. The smallest absolute Gasteiger partial charge is 0.152 e. The van der Waals surface area contributed by atoms with E-state index in [-0.39, 0.29) is 6.04 Å². The van der Waals surface area contributed by atoms with Crippen molar-refractivity contribution in [3.05, 3.63) is 24.3 Å². The molecule has 0 amide bonds. The van der Waals surface area contributed by atoms with Crippen molar-refractivity contribution >= 4 is 21.2 Å². The molecule has 3 rings (SSSR count). The summed E-state index contributed by atoms with van der Waals surface area (Å²) in [4.78, 5) is 2.25. The predicted octanol–water partition coefficient (Wildman–Crippen LogP) is 1.11. The average molecular weight is 252 g/mol. The number of nitrogens with zero attached hydrogens (tertiary/aromatic N) is 1. The Hall–Kier alpha value is -1.23. The predicted molar refractivity (Wildman–Crippen MR) is 69.3 cm³/mol. The molecule has 0 bridgehead atoms. The van der Waals surface area contributed by atoms with E-state index < -0.39 is 9.84 Å². The van der Waals surface area contributed by atoms with Crippen molar-refractivity contribution in [3.8, 4) is 0 Å². The largest absolute Gasteiger partial charge is 0.382 e. The molecule has 4 nitrogen and oxygen atoms in total. The molecule has 1 fully saturated rings. The van der Waals surface area contributed by atoms with E-state index in [1.54, 1.807) is 0 Å². The van der Waals surface area contributed by atoms with Gasteiger partial charge in [-0.25, -0.2) is 8.42 Å². The fraction of sp³-hybridized carbons (Fsp3) is 0.500. The van der Waals surface area contributed by atoms with Crippen LogP contribution in [0.25, 0.3) is 0 Å². The topological polar surface area (TPSA) is 49.4 Å². The Morgan fingerprint density at radius 2 is 2.12 bits per heavy atom. The number of para-hydroxylation sites is 2. The summed E-state index contributed by atoms with van der Waals surface area (Å²) >= 11 is 0. The van der Waals surface area contributed by atoms with Gasteiger partial charge in [0.2, 0.25) is 0 Å². The highest BCUT2D eigenvalue weighted by molar-refractivity contribution is 7.91. The van der Waals surface area contributed by atoms with Crippen LogP contribution in [0.15, 0.2) is 24.3 Å². The van der Waals surface area contributed by atoms with Crippen LogP contribution in [0.1, 0.15) is 6.42 Å². The van der Waals surface area contributed by atoms with Crippen LogP contribution in [-0.2, 0) is 9.84 Å². The van der Waals surface area contributed by atoms with Crippen LogP contribution in [0.4, 0.5) is 11.4 Å². The first-order valence-corrected chi connectivity index (χ1v) is 7.78. The molecule has 1 unspecified atom stereocenters. The van der Waals surface area contributed by atoms with E-state index in [2.05, 4.69) is 16.3 Å². The zero-order valence-corrected chi connectivity index (χ0v) is 10.4. The maximum Gasteiger partial charge on any atom is 0.152 e. The van der Waals surface area contributed by atoms with E-state index in [0.717, 1.165) is 30.9 Å². The number of benzene rings is 1. The SMILES string of the molecule is O=S1(=O)CCC(N2CCNc3ccccc32)C1. The van der Waals surface area contributed by atoms with Crippen molar-refractivity contribution in [1.29, 1.82) is 0 Å². The standard InChI is InChI=1S/C12H16N2O2S/c15-17(16)8-5-10(9-17)14-7-6-13-11-3-1-2-4-12(11)14/h1-4,10,13H,5-9H2. The lowest BCUT2D eigenvalue weighted by molar-refractivity contribution is 0.599. The van der Waals surface area contributed by atoms with Crippen LogP contribution in [0, 0.1) is 0 Å². The van der Waals surface area contributed by atoms with Gasteiger partial charge >= 0.3 is 0 Å². The second-order valence-corrected chi connectivity index (χ2v) is 6.92. The summed E-state index contributed by atoms with van der Waals surface area (Å²) in [5.41, 5.74) is 2.25. The average Bonchev–Trinajstić information content (AvgIpc) is 2.69. The molecule has 92 valence electrons. The van der Waals surface area contributed by atoms with Crippen molar-refractivity contribution in [3.63, 3.8) is 0 Å². The Kier molecular flexibility index (Phi) is 2.50. The number of hydrogen-bond donors (Lipinski definition) is 1. The van der Waals surface area contributed by atoms with Crippen LogP contribution in [0.2, 0.25) is 0 Å². The first kappa shape index (κ1) is 10.9. The molecule has 1 atom stereocenters. The van der Waals surface area contributed by atoms with Gasteiger partial charge < -0.3 is 10.2 Å². The molecular weight excluding hydrogens is 236 g/mol. The highest BCUT2D eigenvalue weighted by Crippen LogP contribution is 2.32. The van der Waals surface area contributed by atoms with Crippen LogP contribution in [0.3, 0.4) is 0 Å². The number of nitrogens with one attached hydrogen (secondary N) is 1. The zero-order chi connectivity index (χ0) is 11.9. The monoisotopic (exact) mass is 252 g/mol. The second-order valence-electron chi connectivity index (χ2n) is 4.69. The van der Waals surface area contributed by atoms with Crippen LogP contribution in [0.5, 0.6) is 0 Å². The number of sulfone groups is 1. The third-order valence-electron chi connectivity index (χ3n) is 3.53. The number of rotatable bonds is 1. The van der Waals surface area contributed by atoms with Gasteiger partial charge in [-0.1, -0.05) is 12.1 Å². The molecule has 2 aliphatic heterocycles.